The number of fused-ring (bicyclic) bond motifs is 1. The Kier molecular flexibility index (Phi) is 8.01. The van der Waals surface area contributed by atoms with Crippen LogP contribution >= 0.6 is 34.9 Å². The van der Waals surface area contributed by atoms with Crippen molar-refractivity contribution in [1.29, 1.82) is 0 Å². The van der Waals surface area contributed by atoms with Gasteiger partial charge in [-0.15, -0.1) is 10.2 Å². The second kappa shape index (κ2) is 11.2. The first-order valence-electron chi connectivity index (χ1n) is 10.6. The van der Waals surface area contributed by atoms with Crippen LogP contribution in [0.3, 0.4) is 0 Å². The molecule has 3 N–H and O–H groups in total. The zero-order valence-electron chi connectivity index (χ0n) is 19.4. The van der Waals surface area contributed by atoms with Crippen molar-refractivity contribution in [2.24, 2.45) is 0 Å². The van der Waals surface area contributed by atoms with Gasteiger partial charge in [0.25, 0.3) is 0 Å². The lowest BCUT2D eigenvalue weighted by Crippen LogP contribution is -2.14. The molecule has 1 atom stereocenters. The number of anilines is 3. The number of amides is 1. The molecule has 1 unspecified atom stereocenters. The number of carbonyl (C=O) groups is 2. The van der Waals surface area contributed by atoms with Gasteiger partial charge in [-0.25, -0.2) is 14.4 Å². The Morgan fingerprint density at radius 2 is 1.86 bits per heavy atom. The first-order valence-corrected chi connectivity index (χ1v) is 13.3. The molecule has 36 heavy (non-hydrogen) atoms. The molecule has 186 valence electrons. The standard InChI is InChI=1S/C23H21FN6O3S3/c1-11-6-16(24)18(7-12(11)2)28-20-15-8-14(4-5-17(15)25-10-26-20)27-19(31)9-34-22-29-30-23(36-22)35-13(3)21(32)33/h4-8,10,13H,9H2,1-3H3,(H,27,31)(H,32,33)(H,25,26,28). The summed E-state index contributed by atoms with van der Waals surface area (Å²) >= 11 is 3.55. The van der Waals surface area contributed by atoms with Crippen molar-refractivity contribution >= 4 is 74.8 Å². The van der Waals surface area contributed by atoms with Gasteiger partial charge in [0.1, 0.15) is 23.2 Å². The number of aliphatic carboxylic acids is 1. The maximum absolute atomic E-state index is 14.5. The van der Waals surface area contributed by atoms with Crippen LogP contribution in [0.15, 0.2) is 45.3 Å². The summed E-state index contributed by atoms with van der Waals surface area (Å²) in [5.74, 6) is -1.06. The fourth-order valence-electron chi connectivity index (χ4n) is 3.07. The largest absolute Gasteiger partial charge is 0.480 e. The lowest BCUT2D eigenvalue weighted by molar-refractivity contribution is -0.136. The van der Waals surface area contributed by atoms with Crippen LogP contribution in [0.5, 0.6) is 0 Å². The number of nitrogens with one attached hydrogen (secondary N) is 2. The van der Waals surface area contributed by atoms with E-state index in [2.05, 4.69) is 30.8 Å². The molecule has 0 aliphatic rings. The number of aryl methyl sites for hydroxylation is 2. The molecule has 2 heterocycles. The molecule has 0 bridgehead atoms. The van der Waals surface area contributed by atoms with E-state index >= 15 is 0 Å². The summed E-state index contributed by atoms with van der Waals surface area (Å²) in [5.41, 5.74) is 3.28. The van der Waals surface area contributed by atoms with Crippen LogP contribution in [0.1, 0.15) is 18.1 Å². The molecule has 0 spiro atoms. The molecule has 0 saturated heterocycles. The van der Waals surface area contributed by atoms with Gasteiger partial charge >= 0.3 is 5.97 Å². The number of halogens is 1. The van der Waals surface area contributed by atoms with Crippen LogP contribution in [0.4, 0.5) is 21.6 Å². The monoisotopic (exact) mass is 544 g/mol. The SMILES string of the molecule is Cc1cc(F)c(Nc2ncnc3ccc(NC(=O)CSc4nnc(SC(C)C(=O)O)s4)cc23)cc1C. The minimum Gasteiger partial charge on any atom is -0.480 e. The fraction of sp³-hybridized carbons (Fsp3) is 0.217. The summed E-state index contributed by atoms with van der Waals surface area (Å²) in [6.07, 6.45) is 1.39. The Labute approximate surface area is 218 Å². The predicted molar refractivity (Wildman–Crippen MR) is 141 cm³/mol. The van der Waals surface area contributed by atoms with Crippen molar-refractivity contribution < 1.29 is 19.1 Å². The van der Waals surface area contributed by atoms with Crippen molar-refractivity contribution in [2.45, 2.75) is 34.7 Å². The number of hydrogen-bond donors (Lipinski definition) is 3. The number of rotatable bonds is 9. The number of carboxylic acid groups (broad SMARTS) is 1. The van der Waals surface area contributed by atoms with Gasteiger partial charge in [0.2, 0.25) is 5.91 Å². The third-order valence-electron chi connectivity index (χ3n) is 5.10. The quantitative estimate of drug-likeness (QED) is 0.239. The van der Waals surface area contributed by atoms with E-state index < -0.39 is 11.2 Å². The lowest BCUT2D eigenvalue weighted by atomic mass is 10.1. The average Bonchev–Trinajstić information content (AvgIpc) is 3.28. The fourth-order valence-corrected chi connectivity index (χ4v) is 5.97. The molecule has 4 rings (SSSR count). The number of benzene rings is 2. The maximum Gasteiger partial charge on any atom is 0.316 e. The van der Waals surface area contributed by atoms with Gasteiger partial charge < -0.3 is 15.7 Å². The van der Waals surface area contributed by atoms with E-state index in [1.165, 1.54) is 35.5 Å². The molecule has 2 aromatic heterocycles. The minimum absolute atomic E-state index is 0.0933. The number of nitrogens with zero attached hydrogens (tertiary/aromatic N) is 4. The van der Waals surface area contributed by atoms with Gasteiger partial charge in [0.05, 0.1) is 17.0 Å². The number of carboxylic acids is 1. The number of aromatic nitrogens is 4. The molecular formula is C23H21FN6O3S3. The first-order chi connectivity index (χ1) is 17.2. The van der Waals surface area contributed by atoms with Gasteiger partial charge in [-0.2, -0.15) is 0 Å². The molecule has 0 fully saturated rings. The Morgan fingerprint density at radius 1 is 1.11 bits per heavy atom. The predicted octanol–water partition coefficient (Wildman–Crippen LogP) is 5.28. The molecule has 2 aromatic carbocycles. The highest BCUT2D eigenvalue weighted by Crippen LogP contribution is 2.32. The third kappa shape index (κ3) is 6.28. The van der Waals surface area contributed by atoms with Gasteiger partial charge in [-0.05, 0) is 62.2 Å². The third-order valence-corrected chi connectivity index (χ3v) is 8.32. The molecule has 13 heteroatoms. The molecule has 1 amide bonds. The van der Waals surface area contributed by atoms with Crippen LogP contribution < -0.4 is 10.6 Å². The van der Waals surface area contributed by atoms with Crippen LogP contribution in [-0.4, -0.2) is 48.2 Å². The highest BCUT2D eigenvalue weighted by atomic mass is 32.2. The Bertz CT molecular complexity index is 1450. The molecule has 0 aliphatic heterocycles. The Balaban J connectivity index is 1.44. The van der Waals surface area contributed by atoms with E-state index in [9.17, 15) is 14.0 Å². The molecule has 0 aliphatic carbocycles. The van der Waals surface area contributed by atoms with E-state index in [4.69, 9.17) is 5.11 Å². The summed E-state index contributed by atoms with van der Waals surface area (Å²) < 4.78 is 15.6. The smallest absolute Gasteiger partial charge is 0.316 e. The lowest BCUT2D eigenvalue weighted by Gasteiger charge is -2.12. The van der Waals surface area contributed by atoms with E-state index in [1.54, 1.807) is 31.2 Å². The number of hydrogen-bond acceptors (Lipinski definition) is 10. The van der Waals surface area contributed by atoms with Gasteiger partial charge in [-0.1, -0.05) is 34.9 Å². The average molecular weight is 545 g/mol. The molecule has 9 nitrogen and oxygen atoms in total. The summed E-state index contributed by atoms with van der Waals surface area (Å²) in [6, 6.07) is 8.40. The molecule has 0 radical (unpaired) electrons. The Hall–Kier alpha value is -3.29. The van der Waals surface area contributed by atoms with Crippen molar-refractivity contribution in [1.82, 2.24) is 20.2 Å². The summed E-state index contributed by atoms with van der Waals surface area (Å²) in [6.45, 7) is 5.32. The zero-order valence-corrected chi connectivity index (χ0v) is 21.9. The van der Waals surface area contributed by atoms with Gasteiger partial charge in [-0.3, -0.25) is 9.59 Å². The highest BCUT2D eigenvalue weighted by Gasteiger charge is 2.17. The van der Waals surface area contributed by atoms with Gasteiger partial charge in [0, 0.05) is 11.1 Å². The highest BCUT2D eigenvalue weighted by molar-refractivity contribution is 8.04. The molecule has 0 saturated carbocycles. The van der Waals surface area contributed by atoms with E-state index in [1.807, 2.05) is 13.8 Å². The van der Waals surface area contributed by atoms with Gasteiger partial charge in [0.15, 0.2) is 8.68 Å². The van der Waals surface area contributed by atoms with E-state index in [0.29, 0.717) is 36.8 Å². The zero-order chi connectivity index (χ0) is 25.8. The number of carbonyl (C=O) groups excluding carboxylic acids is 1. The number of thioether (sulfide) groups is 2. The maximum atomic E-state index is 14.5. The first kappa shape index (κ1) is 25.8. The molecule has 4 aromatic rings. The van der Waals surface area contributed by atoms with Crippen LogP contribution in [-0.2, 0) is 9.59 Å². The summed E-state index contributed by atoms with van der Waals surface area (Å²) in [7, 11) is 0. The van der Waals surface area contributed by atoms with Crippen LogP contribution in [0.2, 0.25) is 0 Å². The van der Waals surface area contributed by atoms with Crippen LogP contribution in [0.25, 0.3) is 10.9 Å². The van der Waals surface area contributed by atoms with E-state index in [-0.39, 0.29) is 17.5 Å². The van der Waals surface area contributed by atoms with Crippen molar-refractivity contribution in [3.05, 3.63) is 53.6 Å². The minimum atomic E-state index is -0.929. The summed E-state index contributed by atoms with van der Waals surface area (Å²) in [5, 5.41) is 22.8. The summed E-state index contributed by atoms with van der Waals surface area (Å²) in [4.78, 5) is 32.0. The Morgan fingerprint density at radius 3 is 2.64 bits per heavy atom. The van der Waals surface area contributed by atoms with Crippen molar-refractivity contribution in [2.75, 3.05) is 16.4 Å². The normalized spacial score (nSPS) is 11.9. The van der Waals surface area contributed by atoms with E-state index in [0.717, 1.165) is 22.9 Å². The second-order valence-corrected chi connectivity index (χ2v) is 11.6. The van der Waals surface area contributed by atoms with Crippen molar-refractivity contribution in [3.8, 4) is 0 Å². The van der Waals surface area contributed by atoms with Crippen LogP contribution in [0, 0.1) is 19.7 Å². The topological polar surface area (TPSA) is 130 Å². The second-order valence-electron chi connectivity index (χ2n) is 7.76. The molecular weight excluding hydrogens is 523 g/mol. The van der Waals surface area contributed by atoms with Crippen molar-refractivity contribution in [3.63, 3.8) is 0 Å².